The van der Waals surface area contributed by atoms with Gasteiger partial charge in [0.15, 0.2) is 5.82 Å². The van der Waals surface area contributed by atoms with Crippen molar-refractivity contribution in [3.63, 3.8) is 0 Å². The number of tetrazole rings is 1. The first-order valence-electron chi connectivity index (χ1n) is 11.2. The van der Waals surface area contributed by atoms with Gasteiger partial charge in [-0.3, -0.25) is 9.69 Å². The number of nitrogens with zero attached hydrogens (tertiary/aromatic N) is 5. The predicted molar refractivity (Wildman–Crippen MR) is 126 cm³/mol. The molecule has 2 aromatic carbocycles. The molecule has 3 rings (SSSR count). The summed E-state index contributed by atoms with van der Waals surface area (Å²) in [6.07, 6.45) is 0.659. The SMILES string of the molecule is CCc1nnnn1-c1cc(C(=O)N[C@H](C)CN(CCO)CCO)cc(-c2ccc(C)cc2)c1. The number of nitrogens with one attached hydrogen (secondary N) is 1. The van der Waals surface area contributed by atoms with E-state index >= 15 is 0 Å². The van der Waals surface area contributed by atoms with E-state index in [0.717, 1.165) is 22.4 Å². The molecule has 0 spiro atoms. The van der Waals surface area contributed by atoms with E-state index in [0.29, 0.717) is 37.4 Å². The fourth-order valence-electron chi connectivity index (χ4n) is 3.72. The van der Waals surface area contributed by atoms with Gasteiger partial charge in [-0.2, -0.15) is 4.68 Å². The van der Waals surface area contributed by atoms with E-state index in [9.17, 15) is 15.0 Å². The summed E-state index contributed by atoms with van der Waals surface area (Å²) in [6, 6.07) is 13.6. The van der Waals surface area contributed by atoms with Crippen LogP contribution in [0.4, 0.5) is 0 Å². The summed E-state index contributed by atoms with van der Waals surface area (Å²) in [7, 11) is 0. The van der Waals surface area contributed by atoms with Gasteiger partial charge in [0.2, 0.25) is 0 Å². The molecule has 1 atom stereocenters. The highest BCUT2D eigenvalue weighted by molar-refractivity contribution is 5.96. The highest BCUT2D eigenvalue weighted by Gasteiger charge is 2.17. The highest BCUT2D eigenvalue weighted by Crippen LogP contribution is 2.25. The van der Waals surface area contributed by atoms with E-state index in [1.54, 1.807) is 10.7 Å². The number of carbonyl (C=O) groups is 1. The molecule has 0 fully saturated rings. The average Bonchev–Trinajstić information content (AvgIpc) is 3.28. The number of aryl methyl sites for hydroxylation is 2. The second-order valence-electron chi connectivity index (χ2n) is 8.12. The number of rotatable bonds is 11. The Bertz CT molecular complexity index is 1040. The van der Waals surface area contributed by atoms with E-state index < -0.39 is 0 Å². The van der Waals surface area contributed by atoms with Gasteiger partial charge in [0.1, 0.15) is 0 Å². The number of hydrogen-bond donors (Lipinski definition) is 3. The third-order valence-electron chi connectivity index (χ3n) is 5.40. The lowest BCUT2D eigenvalue weighted by Crippen LogP contribution is -2.43. The lowest BCUT2D eigenvalue weighted by atomic mass is 10.0. The third-order valence-corrected chi connectivity index (χ3v) is 5.40. The molecule has 1 heterocycles. The van der Waals surface area contributed by atoms with Crippen molar-refractivity contribution < 1.29 is 15.0 Å². The second kappa shape index (κ2) is 11.6. The largest absolute Gasteiger partial charge is 0.395 e. The van der Waals surface area contributed by atoms with Crippen LogP contribution in [0.1, 0.15) is 35.6 Å². The van der Waals surface area contributed by atoms with Crippen molar-refractivity contribution in [2.24, 2.45) is 0 Å². The summed E-state index contributed by atoms with van der Waals surface area (Å²) < 4.78 is 1.65. The minimum absolute atomic E-state index is 0.00563. The summed E-state index contributed by atoms with van der Waals surface area (Å²) in [4.78, 5) is 15.1. The van der Waals surface area contributed by atoms with E-state index in [2.05, 4.69) is 20.8 Å². The van der Waals surface area contributed by atoms with Crippen molar-refractivity contribution in [1.29, 1.82) is 0 Å². The standard InChI is InChI=1S/C24H32N6O3/c1-4-23-26-27-28-30(23)22-14-20(19-7-5-17(2)6-8-19)13-21(15-22)24(33)25-18(3)16-29(9-11-31)10-12-32/h5-8,13-15,18,31-32H,4,9-12,16H2,1-3H3,(H,25,33)/t18-/m1/s1. The van der Waals surface area contributed by atoms with E-state index in [1.807, 2.05) is 62.1 Å². The summed E-state index contributed by atoms with van der Waals surface area (Å²) >= 11 is 0. The maximum atomic E-state index is 13.2. The maximum absolute atomic E-state index is 13.2. The smallest absolute Gasteiger partial charge is 0.251 e. The first-order chi connectivity index (χ1) is 15.9. The van der Waals surface area contributed by atoms with E-state index in [1.165, 1.54) is 0 Å². The zero-order valence-electron chi connectivity index (χ0n) is 19.4. The Hall–Kier alpha value is -3.14. The Morgan fingerprint density at radius 1 is 1.09 bits per heavy atom. The Morgan fingerprint density at radius 3 is 2.42 bits per heavy atom. The van der Waals surface area contributed by atoms with Crippen molar-refractivity contribution in [2.75, 3.05) is 32.8 Å². The van der Waals surface area contributed by atoms with Crippen molar-refractivity contribution in [1.82, 2.24) is 30.4 Å². The van der Waals surface area contributed by atoms with Gasteiger partial charge in [-0.25, -0.2) is 0 Å². The van der Waals surface area contributed by atoms with Gasteiger partial charge in [-0.1, -0.05) is 36.8 Å². The molecule has 0 radical (unpaired) electrons. The van der Waals surface area contributed by atoms with Crippen LogP contribution in [0.2, 0.25) is 0 Å². The van der Waals surface area contributed by atoms with Crippen LogP contribution >= 0.6 is 0 Å². The van der Waals surface area contributed by atoms with Gasteiger partial charge >= 0.3 is 0 Å². The van der Waals surface area contributed by atoms with Crippen molar-refractivity contribution in [2.45, 2.75) is 33.2 Å². The normalized spacial score (nSPS) is 12.2. The van der Waals surface area contributed by atoms with Crippen molar-refractivity contribution in [3.8, 4) is 16.8 Å². The second-order valence-corrected chi connectivity index (χ2v) is 8.12. The van der Waals surface area contributed by atoms with Crippen LogP contribution in [0.15, 0.2) is 42.5 Å². The van der Waals surface area contributed by atoms with Gasteiger partial charge in [-0.15, -0.1) is 5.10 Å². The number of aliphatic hydroxyl groups excluding tert-OH is 2. The number of aromatic nitrogens is 4. The topological polar surface area (TPSA) is 116 Å². The first-order valence-corrected chi connectivity index (χ1v) is 11.2. The Morgan fingerprint density at radius 2 is 1.79 bits per heavy atom. The molecule has 1 aromatic heterocycles. The fourth-order valence-corrected chi connectivity index (χ4v) is 3.72. The summed E-state index contributed by atoms with van der Waals surface area (Å²) in [6.45, 7) is 7.30. The van der Waals surface area contributed by atoms with Crippen LogP contribution in [0.25, 0.3) is 16.8 Å². The zero-order valence-corrected chi connectivity index (χ0v) is 19.4. The number of carbonyl (C=O) groups excluding carboxylic acids is 1. The minimum atomic E-state index is -0.211. The Labute approximate surface area is 194 Å². The molecule has 176 valence electrons. The lowest BCUT2D eigenvalue weighted by Gasteiger charge is -2.25. The molecular weight excluding hydrogens is 420 g/mol. The van der Waals surface area contributed by atoms with Crippen LogP contribution in [0, 0.1) is 6.92 Å². The molecule has 1 amide bonds. The monoisotopic (exact) mass is 452 g/mol. The van der Waals surface area contributed by atoms with E-state index in [4.69, 9.17) is 0 Å². The van der Waals surface area contributed by atoms with Crippen LogP contribution in [-0.2, 0) is 6.42 Å². The van der Waals surface area contributed by atoms with Gasteiger partial charge in [0.25, 0.3) is 5.91 Å². The van der Waals surface area contributed by atoms with Gasteiger partial charge in [-0.05, 0) is 53.6 Å². The molecule has 3 N–H and O–H groups in total. The maximum Gasteiger partial charge on any atom is 0.251 e. The predicted octanol–water partition coefficient (Wildman–Crippen LogP) is 1.61. The molecule has 0 aliphatic heterocycles. The summed E-state index contributed by atoms with van der Waals surface area (Å²) in [5, 5.41) is 33.5. The first kappa shape index (κ1) is 24.5. The Balaban J connectivity index is 1.91. The molecule has 33 heavy (non-hydrogen) atoms. The number of benzene rings is 2. The molecule has 0 unspecified atom stereocenters. The Kier molecular flexibility index (Phi) is 8.65. The van der Waals surface area contributed by atoms with E-state index in [-0.39, 0.29) is 25.2 Å². The van der Waals surface area contributed by atoms with Gasteiger partial charge in [0.05, 0.1) is 18.9 Å². The molecule has 9 heteroatoms. The lowest BCUT2D eigenvalue weighted by molar-refractivity contribution is 0.0920. The quantitative estimate of drug-likeness (QED) is 0.405. The molecule has 0 bridgehead atoms. The minimum Gasteiger partial charge on any atom is -0.395 e. The molecule has 0 saturated heterocycles. The van der Waals surface area contributed by atoms with Crippen LogP contribution < -0.4 is 5.32 Å². The van der Waals surface area contributed by atoms with Gasteiger partial charge < -0.3 is 15.5 Å². The van der Waals surface area contributed by atoms with Crippen LogP contribution in [0.5, 0.6) is 0 Å². The summed E-state index contributed by atoms with van der Waals surface area (Å²) in [5.74, 6) is 0.496. The third kappa shape index (κ3) is 6.44. The molecule has 3 aromatic rings. The molecule has 0 aliphatic rings. The molecule has 0 saturated carbocycles. The average molecular weight is 453 g/mol. The molecule has 0 aliphatic carbocycles. The zero-order chi connectivity index (χ0) is 23.8. The number of aliphatic hydroxyl groups is 2. The van der Waals surface area contributed by atoms with Crippen molar-refractivity contribution >= 4 is 5.91 Å². The number of amides is 1. The van der Waals surface area contributed by atoms with Crippen molar-refractivity contribution in [3.05, 3.63) is 59.4 Å². The number of hydrogen-bond acceptors (Lipinski definition) is 7. The van der Waals surface area contributed by atoms with Gasteiger partial charge in [0, 0.05) is 37.7 Å². The highest BCUT2D eigenvalue weighted by atomic mass is 16.3. The van der Waals surface area contributed by atoms with Crippen LogP contribution in [0.3, 0.4) is 0 Å². The fraction of sp³-hybridized carbons (Fsp3) is 0.417. The molecular formula is C24H32N6O3. The molecule has 9 nitrogen and oxygen atoms in total. The summed E-state index contributed by atoms with van der Waals surface area (Å²) in [5.41, 5.74) is 4.27. The van der Waals surface area contributed by atoms with Crippen LogP contribution in [-0.4, -0.2) is 80.1 Å².